The third kappa shape index (κ3) is 4.43. The summed E-state index contributed by atoms with van der Waals surface area (Å²) in [5.41, 5.74) is 5.87. The minimum Gasteiger partial charge on any atom is -0.493 e. The van der Waals surface area contributed by atoms with Gasteiger partial charge in [-0.25, -0.2) is 0 Å². The number of amides is 1. The third-order valence-corrected chi connectivity index (χ3v) is 5.71. The van der Waals surface area contributed by atoms with Crippen LogP contribution in [0.5, 0.6) is 11.5 Å². The topological polar surface area (TPSA) is 67.5 Å². The Morgan fingerprint density at radius 3 is 2.39 bits per heavy atom. The molecule has 1 amide bonds. The molecule has 162 valence electrons. The Hall–Kier alpha value is -3.28. The lowest BCUT2D eigenvalue weighted by atomic mass is 9.98. The molecule has 1 N–H and O–H groups in total. The minimum absolute atomic E-state index is 0.0457. The molecule has 0 radical (unpaired) electrons. The van der Waals surface area contributed by atoms with E-state index in [1.807, 2.05) is 23.1 Å². The highest BCUT2D eigenvalue weighted by molar-refractivity contribution is 5.93. The maximum absolute atomic E-state index is 13.1. The van der Waals surface area contributed by atoms with Gasteiger partial charge >= 0.3 is 0 Å². The number of hydrogen-bond acceptors (Lipinski definition) is 4. The number of aromatic amines is 1. The predicted octanol–water partition coefficient (Wildman–Crippen LogP) is 4.49. The van der Waals surface area contributed by atoms with Gasteiger partial charge in [-0.15, -0.1) is 0 Å². The van der Waals surface area contributed by atoms with Gasteiger partial charge in [0, 0.05) is 18.7 Å². The van der Waals surface area contributed by atoms with Gasteiger partial charge < -0.3 is 14.4 Å². The van der Waals surface area contributed by atoms with Crippen molar-refractivity contribution in [2.75, 3.05) is 20.8 Å². The maximum Gasteiger partial charge on any atom is 0.272 e. The van der Waals surface area contributed by atoms with Crippen molar-refractivity contribution in [2.24, 2.45) is 5.92 Å². The minimum atomic E-state index is -0.0457. The maximum atomic E-state index is 13.1. The molecule has 0 unspecified atom stereocenters. The highest BCUT2D eigenvalue weighted by Crippen LogP contribution is 2.33. The van der Waals surface area contributed by atoms with Crippen molar-refractivity contribution in [1.29, 1.82) is 0 Å². The number of methoxy groups -OCH3 is 2. The van der Waals surface area contributed by atoms with E-state index in [9.17, 15) is 4.79 Å². The van der Waals surface area contributed by atoms with E-state index >= 15 is 0 Å². The monoisotopic (exact) mass is 419 g/mol. The van der Waals surface area contributed by atoms with Crippen LogP contribution >= 0.6 is 0 Å². The van der Waals surface area contributed by atoms with Gasteiger partial charge in [0.2, 0.25) is 0 Å². The first-order valence-corrected chi connectivity index (χ1v) is 10.7. The van der Waals surface area contributed by atoms with Crippen LogP contribution in [0.15, 0.2) is 42.5 Å². The molecule has 1 aromatic heterocycles. The molecule has 1 aliphatic rings. The number of benzene rings is 2. The third-order valence-electron chi connectivity index (χ3n) is 5.71. The van der Waals surface area contributed by atoms with Gasteiger partial charge in [-0.3, -0.25) is 9.89 Å². The highest BCUT2D eigenvalue weighted by Gasteiger charge is 2.25. The second-order valence-electron chi connectivity index (χ2n) is 8.41. The van der Waals surface area contributed by atoms with Crippen molar-refractivity contribution in [2.45, 2.75) is 33.2 Å². The molecule has 3 aromatic rings. The van der Waals surface area contributed by atoms with Gasteiger partial charge in [0.25, 0.3) is 5.91 Å². The van der Waals surface area contributed by atoms with Crippen LogP contribution in [0.3, 0.4) is 0 Å². The fourth-order valence-corrected chi connectivity index (χ4v) is 4.09. The Bertz CT molecular complexity index is 1070. The summed E-state index contributed by atoms with van der Waals surface area (Å²) < 4.78 is 10.8. The zero-order valence-corrected chi connectivity index (χ0v) is 18.6. The smallest absolute Gasteiger partial charge is 0.272 e. The Morgan fingerprint density at radius 2 is 1.74 bits per heavy atom. The first-order chi connectivity index (χ1) is 15.0. The van der Waals surface area contributed by atoms with Crippen LogP contribution in [0.2, 0.25) is 0 Å². The normalized spacial score (nSPS) is 13.3. The van der Waals surface area contributed by atoms with Crippen LogP contribution in [0.1, 0.15) is 41.0 Å². The van der Waals surface area contributed by atoms with Gasteiger partial charge in [0.05, 0.1) is 19.9 Å². The average Bonchev–Trinajstić information content (AvgIpc) is 3.27. The predicted molar refractivity (Wildman–Crippen MR) is 121 cm³/mol. The fraction of sp³-hybridized carbons (Fsp3) is 0.360. The molecule has 6 nitrogen and oxygen atoms in total. The standard InChI is InChI=1S/C25H29N3O3/c1-16(2)11-17-5-7-18(8-6-17)21-14-22(27-26-21)25(29)28-10-9-19-12-23(30-3)24(31-4)13-20(19)15-28/h5-8,12-14,16H,9-11,15H2,1-4H3,(H,26,27). The number of ether oxygens (including phenoxy) is 2. The van der Waals surface area contributed by atoms with Crippen LogP contribution in [-0.4, -0.2) is 41.8 Å². The lowest BCUT2D eigenvalue weighted by Gasteiger charge is -2.29. The molecule has 0 spiro atoms. The Balaban J connectivity index is 1.49. The van der Waals surface area contributed by atoms with Crippen molar-refractivity contribution in [3.63, 3.8) is 0 Å². The highest BCUT2D eigenvalue weighted by atomic mass is 16.5. The Kier molecular flexibility index (Phi) is 5.98. The van der Waals surface area contributed by atoms with E-state index in [1.54, 1.807) is 14.2 Å². The molecule has 31 heavy (non-hydrogen) atoms. The van der Waals surface area contributed by atoms with Gasteiger partial charge in [-0.2, -0.15) is 5.10 Å². The van der Waals surface area contributed by atoms with Gasteiger partial charge in [-0.1, -0.05) is 38.1 Å². The molecule has 6 heteroatoms. The van der Waals surface area contributed by atoms with Gasteiger partial charge in [0.1, 0.15) is 5.69 Å². The number of rotatable bonds is 6. The quantitative estimate of drug-likeness (QED) is 0.639. The molecule has 1 aliphatic heterocycles. The van der Waals surface area contributed by atoms with Crippen LogP contribution in [-0.2, 0) is 19.4 Å². The van der Waals surface area contributed by atoms with Crippen molar-refractivity contribution >= 4 is 5.91 Å². The second-order valence-corrected chi connectivity index (χ2v) is 8.41. The molecule has 4 rings (SSSR count). The lowest BCUT2D eigenvalue weighted by molar-refractivity contribution is 0.0728. The van der Waals surface area contributed by atoms with E-state index in [1.165, 1.54) is 11.1 Å². The van der Waals surface area contributed by atoms with E-state index in [4.69, 9.17) is 9.47 Å². The average molecular weight is 420 g/mol. The molecular weight excluding hydrogens is 390 g/mol. The summed E-state index contributed by atoms with van der Waals surface area (Å²) >= 11 is 0. The summed E-state index contributed by atoms with van der Waals surface area (Å²) in [5.74, 6) is 1.98. The number of aromatic nitrogens is 2. The zero-order chi connectivity index (χ0) is 22.0. The molecule has 0 saturated heterocycles. The number of carbonyl (C=O) groups is 1. The summed E-state index contributed by atoms with van der Waals surface area (Å²) in [7, 11) is 3.26. The molecular formula is C25H29N3O3. The van der Waals surface area contributed by atoms with Crippen LogP contribution in [0.4, 0.5) is 0 Å². The largest absolute Gasteiger partial charge is 0.493 e. The summed E-state index contributed by atoms with van der Waals surface area (Å²) in [6.45, 7) is 5.61. The van der Waals surface area contributed by atoms with E-state index in [0.717, 1.165) is 35.4 Å². The first-order valence-electron chi connectivity index (χ1n) is 10.7. The summed E-state index contributed by atoms with van der Waals surface area (Å²) in [6, 6.07) is 14.2. The van der Waals surface area contributed by atoms with Gasteiger partial charge in [-0.05, 0) is 53.6 Å². The number of carbonyl (C=O) groups excluding carboxylic acids is 1. The Labute approximate surface area is 183 Å². The lowest BCUT2D eigenvalue weighted by Crippen LogP contribution is -2.36. The number of hydrogen-bond donors (Lipinski definition) is 1. The van der Waals surface area contributed by atoms with Crippen LogP contribution < -0.4 is 9.47 Å². The van der Waals surface area contributed by atoms with Crippen LogP contribution in [0, 0.1) is 5.92 Å². The molecule has 0 saturated carbocycles. The van der Waals surface area contributed by atoms with Crippen molar-refractivity contribution in [1.82, 2.24) is 15.1 Å². The molecule has 0 fully saturated rings. The summed E-state index contributed by atoms with van der Waals surface area (Å²) in [4.78, 5) is 15.0. The molecule has 2 aromatic carbocycles. The van der Waals surface area contributed by atoms with E-state index in [-0.39, 0.29) is 5.91 Å². The van der Waals surface area contributed by atoms with Crippen LogP contribution in [0.25, 0.3) is 11.3 Å². The molecule has 0 bridgehead atoms. The SMILES string of the molecule is COc1cc2c(cc1OC)CN(C(=O)c1cc(-c3ccc(CC(C)C)cc3)n[nH]1)CC2. The van der Waals surface area contributed by atoms with E-state index in [0.29, 0.717) is 30.5 Å². The molecule has 0 aliphatic carbocycles. The summed E-state index contributed by atoms with van der Waals surface area (Å²) in [6.07, 6.45) is 1.83. The number of nitrogens with one attached hydrogen (secondary N) is 1. The molecule has 0 atom stereocenters. The fourth-order valence-electron chi connectivity index (χ4n) is 4.09. The van der Waals surface area contributed by atoms with Crippen molar-refractivity contribution < 1.29 is 14.3 Å². The Morgan fingerprint density at radius 1 is 1.06 bits per heavy atom. The number of nitrogens with zero attached hydrogens (tertiary/aromatic N) is 2. The van der Waals surface area contributed by atoms with E-state index in [2.05, 4.69) is 48.3 Å². The van der Waals surface area contributed by atoms with Crippen molar-refractivity contribution in [3.8, 4) is 22.8 Å². The second kappa shape index (κ2) is 8.84. The number of H-pyrrole nitrogens is 1. The van der Waals surface area contributed by atoms with Gasteiger partial charge in [0.15, 0.2) is 11.5 Å². The summed E-state index contributed by atoms with van der Waals surface area (Å²) in [5, 5.41) is 7.31. The first kappa shape index (κ1) is 21.0. The molecule has 2 heterocycles. The number of fused-ring (bicyclic) bond motifs is 1. The zero-order valence-electron chi connectivity index (χ0n) is 18.6. The van der Waals surface area contributed by atoms with E-state index < -0.39 is 0 Å². The van der Waals surface area contributed by atoms with Crippen molar-refractivity contribution in [3.05, 3.63) is 64.8 Å².